The molecule has 0 unspecified atom stereocenters. The number of aromatic nitrogens is 2. The Balaban J connectivity index is 2.20. The maximum absolute atomic E-state index is 6.21. The van der Waals surface area contributed by atoms with E-state index in [9.17, 15) is 0 Å². The maximum Gasteiger partial charge on any atom is 0.121 e. The van der Waals surface area contributed by atoms with Gasteiger partial charge in [0.1, 0.15) is 5.75 Å². The lowest BCUT2D eigenvalue weighted by atomic mass is 10.1. The lowest BCUT2D eigenvalue weighted by molar-refractivity contribution is 0.414. The zero-order valence-corrected chi connectivity index (χ0v) is 13.0. The molecule has 5 heteroatoms. The van der Waals surface area contributed by atoms with Crippen LogP contribution >= 0.6 is 11.6 Å². The van der Waals surface area contributed by atoms with Gasteiger partial charge < -0.3 is 10.1 Å². The van der Waals surface area contributed by atoms with Crippen molar-refractivity contribution in [2.45, 2.75) is 32.9 Å². The van der Waals surface area contributed by atoms with Crippen LogP contribution in [-0.4, -0.2) is 22.4 Å². The molecular formula is C15H20ClN3O. The molecule has 1 heterocycles. The van der Waals surface area contributed by atoms with Gasteiger partial charge in [0.2, 0.25) is 0 Å². The van der Waals surface area contributed by atoms with Crippen LogP contribution in [0.5, 0.6) is 5.75 Å². The summed E-state index contributed by atoms with van der Waals surface area (Å²) in [4.78, 5) is 0. The summed E-state index contributed by atoms with van der Waals surface area (Å²) >= 11 is 6.21. The number of rotatable bonds is 4. The number of nitrogens with one attached hydrogen (secondary N) is 1. The zero-order chi connectivity index (χ0) is 14.8. The molecule has 2 aromatic rings. The van der Waals surface area contributed by atoms with Crippen molar-refractivity contribution in [3.63, 3.8) is 0 Å². The van der Waals surface area contributed by atoms with Crippen molar-refractivity contribution in [1.82, 2.24) is 15.1 Å². The molecule has 1 N–H and O–H groups in total. The van der Waals surface area contributed by atoms with E-state index in [0.717, 1.165) is 23.7 Å². The minimum Gasteiger partial charge on any atom is -0.497 e. The highest BCUT2D eigenvalue weighted by atomic mass is 35.5. The van der Waals surface area contributed by atoms with Crippen molar-refractivity contribution < 1.29 is 4.74 Å². The SMILES string of the molecule is COc1ccc(Cl)c(-n2ccc(CNC(C)(C)C)n2)c1. The molecule has 0 bridgehead atoms. The Kier molecular flexibility index (Phi) is 4.35. The third kappa shape index (κ3) is 3.74. The van der Waals surface area contributed by atoms with Gasteiger partial charge in [-0.2, -0.15) is 5.10 Å². The summed E-state index contributed by atoms with van der Waals surface area (Å²) in [5, 5.41) is 8.58. The molecule has 4 nitrogen and oxygen atoms in total. The molecule has 1 aromatic heterocycles. The van der Waals surface area contributed by atoms with Gasteiger partial charge in [-0.15, -0.1) is 0 Å². The van der Waals surface area contributed by atoms with Crippen LogP contribution in [0.1, 0.15) is 26.5 Å². The molecule has 0 fully saturated rings. The number of methoxy groups -OCH3 is 1. The molecule has 0 aliphatic carbocycles. The molecule has 1 aromatic carbocycles. The number of hydrogen-bond acceptors (Lipinski definition) is 3. The molecule has 108 valence electrons. The molecule has 2 rings (SSSR count). The predicted octanol–water partition coefficient (Wildman–Crippen LogP) is 3.42. The molecule has 0 atom stereocenters. The Labute approximate surface area is 124 Å². The Morgan fingerprint density at radius 3 is 2.70 bits per heavy atom. The van der Waals surface area contributed by atoms with Crippen LogP contribution in [0.3, 0.4) is 0 Å². The first-order valence-electron chi connectivity index (χ1n) is 6.52. The second-order valence-electron chi connectivity index (χ2n) is 5.67. The lowest BCUT2D eigenvalue weighted by Gasteiger charge is -2.19. The minimum absolute atomic E-state index is 0.0669. The second kappa shape index (κ2) is 5.85. The molecule has 0 saturated heterocycles. The van der Waals surface area contributed by atoms with E-state index in [1.54, 1.807) is 11.8 Å². The van der Waals surface area contributed by atoms with Crippen LogP contribution in [0.2, 0.25) is 5.02 Å². The van der Waals surface area contributed by atoms with Gasteiger partial charge in [0, 0.05) is 24.3 Å². The Hall–Kier alpha value is -1.52. The standard InChI is InChI=1S/C15H20ClN3O/c1-15(2,3)17-10-11-7-8-19(18-11)14-9-12(20-4)5-6-13(14)16/h5-9,17H,10H2,1-4H3. The van der Waals surface area contributed by atoms with Crippen LogP contribution in [0.4, 0.5) is 0 Å². The predicted molar refractivity (Wildman–Crippen MR) is 81.7 cm³/mol. The van der Waals surface area contributed by atoms with Gasteiger partial charge in [0.15, 0.2) is 0 Å². The summed E-state index contributed by atoms with van der Waals surface area (Å²) in [6.07, 6.45) is 1.90. The highest BCUT2D eigenvalue weighted by Crippen LogP contribution is 2.25. The van der Waals surface area contributed by atoms with E-state index in [1.165, 1.54) is 0 Å². The summed E-state index contributed by atoms with van der Waals surface area (Å²) in [5.41, 5.74) is 1.85. The first kappa shape index (κ1) is 14.9. The van der Waals surface area contributed by atoms with Crippen LogP contribution in [-0.2, 0) is 6.54 Å². The Morgan fingerprint density at radius 1 is 1.30 bits per heavy atom. The van der Waals surface area contributed by atoms with Crippen molar-refractivity contribution >= 4 is 11.6 Å². The van der Waals surface area contributed by atoms with Crippen molar-refractivity contribution in [3.8, 4) is 11.4 Å². The minimum atomic E-state index is 0.0669. The van der Waals surface area contributed by atoms with E-state index in [1.807, 2.05) is 30.5 Å². The van der Waals surface area contributed by atoms with E-state index in [4.69, 9.17) is 16.3 Å². The van der Waals surface area contributed by atoms with Gasteiger partial charge >= 0.3 is 0 Å². The number of hydrogen-bond donors (Lipinski definition) is 1. The zero-order valence-electron chi connectivity index (χ0n) is 12.3. The summed E-state index contributed by atoms with van der Waals surface area (Å²) in [6, 6.07) is 7.49. The Bertz CT molecular complexity index is 587. The van der Waals surface area contributed by atoms with Crippen LogP contribution in [0, 0.1) is 0 Å². The van der Waals surface area contributed by atoms with E-state index >= 15 is 0 Å². The smallest absolute Gasteiger partial charge is 0.121 e. The highest BCUT2D eigenvalue weighted by molar-refractivity contribution is 6.32. The van der Waals surface area contributed by atoms with Crippen LogP contribution in [0.15, 0.2) is 30.5 Å². The third-order valence-corrected chi connectivity index (χ3v) is 3.16. The molecule has 0 aliphatic rings. The fourth-order valence-corrected chi connectivity index (χ4v) is 1.95. The summed E-state index contributed by atoms with van der Waals surface area (Å²) in [6.45, 7) is 7.10. The van der Waals surface area contributed by atoms with Crippen LogP contribution < -0.4 is 10.1 Å². The van der Waals surface area contributed by atoms with E-state index in [2.05, 4.69) is 31.2 Å². The highest BCUT2D eigenvalue weighted by Gasteiger charge is 2.11. The fourth-order valence-electron chi connectivity index (χ4n) is 1.74. The van der Waals surface area contributed by atoms with Crippen molar-refractivity contribution in [2.24, 2.45) is 0 Å². The largest absolute Gasteiger partial charge is 0.497 e. The number of ether oxygens (including phenoxy) is 1. The fraction of sp³-hybridized carbons (Fsp3) is 0.400. The average molecular weight is 294 g/mol. The van der Waals surface area contributed by atoms with Crippen molar-refractivity contribution in [2.75, 3.05) is 7.11 Å². The van der Waals surface area contributed by atoms with Gasteiger partial charge in [0.25, 0.3) is 0 Å². The lowest BCUT2D eigenvalue weighted by Crippen LogP contribution is -2.35. The molecule has 0 aliphatic heterocycles. The quantitative estimate of drug-likeness (QED) is 0.939. The molecule has 0 amide bonds. The summed E-state index contributed by atoms with van der Waals surface area (Å²) < 4.78 is 6.99. The van der Waals surface area contributed by atoms with Crippen molar-refractivity contribution in [1.29, 1.82) is 0 Å². The summed E-state index contributed by atoms with van der Waals surface area (Å²) in [7, 11) is 1.63. The molecular weight excluding hydrogens is 274 g/mol. The van der Waals surface area contributed by atoms with Gasteiger partial charge in [-0.05, 0) is 39.0 Å². The number of benzene rings is 1. The first-order valence-corrected chi connectivity index (χ1v) is 6.90. The van der Waals surface area contributed by atoms with Crippen LogP contribution in [0.25, 0.3) is 5.69 Å². The van der Waals surface area contributed by atoms with Gasteiger partial charge in [0.05, 0.1) is 23.5 Å². The summed E-state index contributed by atoms with van der Waals surface area (Å²) in [5.74, 6) is 0.759. The molecule has 20 heavy (non-hydrogen) atoms. The van der Waals surface area contributed by atoms with E-state index in [-0.39, 0.29) is 5.54 Å². The third-order valence-electron chi connectivity index (χ3n) is 2.84. The van der Waals surface area contributed by atoms with Gasteiger partial charge in [-0.3, -0.25) is 0 Å². The number of nitrogens with zero attached hydrogens (tertiary/aromatic N) is 2. The molecule has 0 radical (unpaired) electrons. The van der Waals surface area contributed by atoms with E-state index < -0.39 is 0 Å². The number of halogens is 1. The average Bonchev–Trinajstić information content (AvgIpc) is 2.85. The molecule has 0 saturated carbocycles. The van der Waals surface area contributed by atoms with Crippen molar-refractivity contribution in [3.05, 3.63) is 41.2 Å². The maximum atomic E-state index is 6.21. The topological polar surface area (TPSA) is 39.1 Å². The van der Waals surface area contributed by atoms with Gasteiger partial charge in [-0.25, -0.2) is 4.68 Å². The first-order chi connectivity index (χ1) is 9.39. The normalized spacial score (nSPS) is 11.7. The Morgan fingerprint density at radius 2 is 2.05 bits per heavy atom. The monoisotopic (exact) mass is 293 g/mol. The second-order valence-corrected chi connectivity index (χ2v) is 6.08. The van der Waals surface area contributed by atoms with E-state index in [0.29, 0.717) is 5.02 Å². The molecule has 0 spiro atoms. The van der Waals surface area contributed by atoms with Gasteiger partial charge in [-0.1, -0.05) is 11.6 Å².